The van der Waals surface area contributed by atoms with Crippen molar-refractivity contribution in [3.8, 4) is 5.75 Å². The maximum Gasteiger partial charge on any atom is 0.242 e. The van der Waals surface area contributed by atoms with Crippen LogP contribution in [0.3, 0.4) is 0 Å². The van der Waals surface area contributed by atoms with E-state index in [1.54, 1.807) is 23.3 Å². The molecule has 2 aromatic carbocycles. The molecule has 3 aromatic rings. The van der Waals surface area contributed by atoms with Crippen molar-refractivity contribution in [1.29, 1.82) is 0 Å². The van der Waals surface area contributed by atoms with Gasteiger partial charge in [0.25, 0.3) is 0 Å². The molecule has 0 fully saturated rings. The highest BCUT2D eigenvalue weighted by Gasteiger charge is 2.22. The molecule has 36 heavy (non-hydrogen) atoms. The second-order valence-corrected chi connectivity index (χ2v) is 9.65. The van der Waals surface area contributed by atoms with E-state index < -0.39 is 0 Å². The minimum absolute atomic E-state index is 0.0400. The number of thiophene rings is 1. The first-order valence-electron chi connectivity index (χ1n) is 12.3. The zero-order valence-corrected chi connectivity index (χ0v) is 22.3. The molecule has 0 saturated heterocycles. The summed E-state index contributed by atoms with van der Waals surface area (Å²) in [5.74, 6) is 0.610. The Bertz CT molecular complexity index is 1080. The van der Waals surface area contributed by atoms with Crippen molar-refractivity contribution >= 4 is 23.2 Å². The Kier molecular flexibility index (Phi) is 11.0. The second kappa shape index (κ2) is 14.4. The fourth-order valence-electron chi connectivity index (χ4n) is 3.86. The Hall–Kier alpha value is -3.16. The number of rotatable bonds is 14. The van der Waals surface area contributed by atoms with E-state index in [0.29, 0.717) is 39.3 Å². The highest BCUT2D eigenvalue weighted by molar-refractivity contribution is 7.10. The molecule has 6 nitrogen and oxygen atoms in total. The van der Waals surface area contributed by atoms with Crippen molar-refractivity contribution in [2.75, 3.05) is 33.4 Å². The number of hydrogen-bond acceptors (Lipinski definition) is 5. The SMILES string of the molecule is CCOCCCN(CC(=O)N(Cc1ccccc1)Cc1sccc1C)C(=O)Cc1ccc(OC)cc1. The van der Waals surface area contributed by atoms with E-state index in [0.717, 1.165) is 21.8 Å². The van der Waals surface area contributed by atoms with Crippen LogP contribution in [-0.2, 0) is 33.8 Å². The van der Waals surface area contributed by atoms with E-state index in [-0.39, 0.29) is 24.8 Å². The summed E-state index contributed by atoms with van der Waals surface area (Å²) in [4.78, 5) is 31.6. The van der Waals surface area contributed by atoms with E-state index in [2.05, 4.69) is 13.0 Å². The van der Waals surface area contributed by atoms with Crippen LogP contribution in [0.1, 0.15) is 34.9 Å². The average Bonchev–Trinajstić information content (AvgIpc) is 3.30. The van der Waals surface area contributed by atoms with Crippen molar-refractivity contribution in [2.45, 2.75) is 39.8 Å². The predicted molar refractivity (Wildman–Crippen MR) is 144 cm³/mol. The van der Waals surface area contributed by atoms with Gasteiger partial charge in [0, 0.05) is 31.2 Å². The first-order chi connectivity index (χ1) is 17.5. The van der Waals surface area contributed by atoms with Crippen LogP contribution in [0.5, 0.6) is 5.75 Å². The van der Waals surface area contributed by atoms with Crippen LogP contribution >= 0.6 is 11.3 Å². The van der Waals surface area contributed by atoms with Gasteiger partial charge < -0.3 is 19.3 Å². The Morgan fingerprint density at radius 1 is 0.889 bits per heavy atom. The van der Waals surface area contributed by atoms with Gasteiger partial charge in [-0.3, -0.25) is 9.59 Å². The molecule has 0 atom stereocenters. The standard InChI is InChI=1S/C29H36N2O4S/c1-4-35-17-8-16-30(28(32)19-24-11-13-26(34-3)14-12-24)22-29(33)31(20-25-9-6-5-7-10-25)21-27-23(2)15-18-36-27/h5-7,9-15,18H,4,8,16-17,19-22H2,1-3H3. The number of carbonyl (C=O) groups excluding carboxylic acids is 2. The third kappa shape index (κ3) is 8.50. The maximum absolute atomic E-state index is 13.6. The lowest BCUT2D eigenvalue weighted by Gasteiger charge is -2.28. The molecule has 1 aromatic heterocycles. The smallest absolute Gasteiger partial charge is 0.242 e. The van der Waals surface area contributed by atoms with Crippen LogP contribution < -0.4 is 4.74 Å². The lowest BCUT2D eigenvalue weighted by Crippen LogP contribution is -2.43. The molecule has 0 N–H and O–H groups in total. The highest BCUT2D eigenvalue weighted by atomic mass is 32.1. The molecule has 2 amide bonds. The van der Waals surface area contributed by atoms with Crippen LogP contribution in [0, 0.1) is 6.92 Å². The molecule has 0 spiro atoms. The molecule has 0 unspecified atom stereocenters. The van der Waals surface area contributed by atoms with Gasteiger partial charge in [0.1, 0.15) is 5.75 Å². The van der Waals surface area contributed by atoms with Crippen molar-refractivity contribution in [3.05, 3.63) is 87.6 Å². The summed E-state index contributed by atoms with van der Waals surface area (Å²) in [6, 6.07) is 19.5. The minimum atomic E-state index is -0.0722. The van der Waals surface area contributed by atoms with Gasteiger partial charge in [-0.2, -0.15) is 0 Å². The van der Waals surface area contributed by atoms with Gasteiger partial charge in [0.2, 0.25) is 11.8 Å². The predicted octanol–water partition coefficient (Wildman–Crippen LogP) is 5.09. The lowest BCUT2D eigenvalue weighted by atomic mass is 10.1. The lowest BCUT2D eigenvalue weighted by molar-refractivity contribution is -0.141. The fraction of sp³-hybridized carbons (Fsp3) is 0.379. The van der Waals surface area contributed by atoms with Crippen molar-refractivity contribution in [1.82, 2.24) is 9.80 Å². The Balaban J connectivity index is 1.74. The molecule has 0 aliphatic rings. The summed E-state index contributed by atoms with van der Waals surface area (Å²) >= 11 is 1.65. The summed E-state index contributed by atoms with van der Waals surface area (Å²) in [6.07, 6.45) is 0.910. The molecule has 0 saturated carbocycles. The molecule has 0 radical (unpaired) electrons. The Labute approximate surface area is 218 Å². The zero-order valence-electron chi connectivity index (χ0n) is 21.4. The Morgan fingerprint density at radius 3 is 2.28 bits per heavy atom. The monoisotopic (exact) mass is 508 g/mol. The molecular weight excluding hydrogens is 472 g/mol. The summed E-state index contributed by atoms with van der Waals surface area (Å²) in [7, 11) is 1.62. The van der Waals surface area contributed by atoms with Gasteiger partial charge in [0.05, 0.1) is 26.6 Å². The number of ether oxygens (including phenoxy) is 2. The first-order valence-corrected chi connectivity index (χ1v) is 13.2. The molecule has 7 heteroatoms. The van der Waals surface area contributed by atoms with E-state index in [4.69, 9.17) is 9.47 Å². The van der Waals surface area contributed by atoms with Crippen LogP contribution in [0.25, 0.3) is 0 Å². The molecule has 0 aliphatic heterocycles. The molecule has 192 valence electrons. The van der Waals surface area contributed by atoms with Crippen LogP contribution in [0.4, 0.5) is 0 Å². The van der Waals surface area contributed by atoms with Gasteiger partial charge in [-0.15, -0.1) is 11.3 Å². The summed E-state index contributed by atoms with van der Waals surface area (Å²) in [6.45, 7) is 6.73. The number of amides is 2. The fourth-order valence-corrected chi connectivity index (χ4v) is 4.78. The number of benzene rings is 2. The number of carbonyl (C=O) groups is 2. The third-order valence-electron chi connectivity index (χ3n) is 5.99. The van der Waals surface area contributed by atoms with Gasteiger partial charge in [0.15, 0.2) is 0 Å². The normalized spacial score (nSPS) is 10.8. The molecule has 0 aliphatic carbocycles. The summed E-state index contributed by atoms with van der Waals surface area (Å²) < 4.78 is 10.7. The summed E-state index contributed by atoms with van der Waals surface area (Å²) in [5, 5.41) is 2.05. The highest BCUT2D eigenvalue weighted by Crippen LogP contribution is 2.20. The van der Waals surface area contributed by atoms with Crippen molar-refractivity contribution in [2.24, 2.45) is 0 Å². The van der Waals surface area contributed by atoms with E-state index in [1.165, 1.54) is 5.56 Å². The average molecular weight is 509 g/mol. The van der Waals surface area contributed by atoms with Crippen LogP contribution in [0.2, 0.25) is 0 Å². The molecular formula is C29H36N2O4S. The van der Waals surface area contributed by atoms with Crippen molar-refractivity contribution in [3.63, 3.8) is 0 Å². The number of nitrogens with zero attached hydrogens (tertiary/aromatic N) is 2. The number of hydrogen-bond donors (Lipinski definition) is 0. The Morgan fingerprint density at radius 2 is 1.64 bits per heavy atom. The maximum atomic E-state index is 13.6. The number of methoxy groups -OCH3 is 1. The van der Waals surface area contributed by atoms with E-state index in [1.807, 2.05) is 71.8 Å². The molecule has 3 rings (SSSR count). The van der Waals surface area contributed by atoms with Gasteiger partial charge >= 0.3 is 0 Å². The van der Waals surface area contributed by atoms with Gasteiger partial charge in [-0.1, -0.05) is 42.5 Å². The van der Waals surface area contributed by atoms with Crippen LogP contribution in [0.15, 0.2) is 66.0 Å². The third-order valence-corrected chi connectivity index (χ3v) is 6.99. The van der Waals surface area contributed by atoms with Gasteiger partial charge in [-0.05, 0) is 60.5 Å². The van der Waals surface area contributed by atoms with E-state index >= 15 is 0 Å². The quantitative estimate of drug-likeness (QED) is 0.285. The molecule has 0 bridgehead atoms. The zero-order chi connectivity index (χ0) is 25.8. The summed E-state index contributed by atoms with van der Waals surface area (Å²) in [5.41, 5.74) is 3.13. The number of aryl methyl sites for hydroxylation is 1. The second-order valence-electron chi connectivity index (χ2n) is 8.65. The minimum Gasteiger partial charge on any atom is -0.497 e. The van der Waals surface area contributed by atoms with Crippen molar-refractivity contribution < 1.29 is 19.1 Å². The largest absolute Gasteiger partial charge is 0.497 e. The van der Waals surface area contributed by atoms with E-state index in [9.17, 15) is 9.59 Å². The van der Waals surface area contributed by atoms with Gasteiger partial charge in [-0.25, -0.2) is 0 Å². The van der Waals surface area contributed by atoms with Crippen LogP contribution in [-0.4, -0.2) is 55.0 Å². The molecule has 1 heterocycles. The topological polar surface area (TPSA) is 59.1 Å². The first kappa shape index (κ1) is 27.4.